The lowest BCUT2D eigenvalue weighted by Gasteiger charge is -2.30. The van der Waals surface area contributed by atoms with E-state index >= 15 is 8.78 Å². The van der Waals surface area contributed by atoms with Crippen LogP contribution < -0.4 is 14.2 Å². The first-order valence-electron chi connectivity index (χ1n) is 16.0. The molecule has 3 aromatic carbocycles. The van der Waals surface area contributed by atoms with Crippen LogP contribution in [0.3, 0.4) is 0 Å². The van der Waals surface area contributed by atoms with Crippen LogP contribution in [-0.2, 0) is 13.0 Å². The van der Waals surface area contributed by atoms with Crippen LogP contribution in [0.1, 0.15) is 37.3 Å². The molecule has 0 N–H and O–H groups in total. The third-order valence-electron chi connectivity index (χ3n) is 9.23. The lowest BCUT2D eigenvalue weighted by Crippen LogP contribution is -2.43. The van der Waals surface area contributed by atoms with Gasteiger partial charge in [0.15, 0.2) is 12.4 Å². The van der Waals surface area contributed by atoms with E-state index in [4.69, 9.17) is 14.2 Å². The van der Waals surface area contributed by atoms with Crippen molar-refractivity contribution in [3.05, 3.63) is 83.6 Å². The van der Waals surface area contributed by atoms with Crippen LogP contribution in [0, 0.1) is 11.6 Å². The van der Waals surface area contributed by atoms with E-state index in [1.807, 2.05) is 35.2 Å². The number of halogens is 6. The molecule has 7 nitrogen and oxygen atoms in total. The van der Waals surface area contributed by atoms with Crippen molar-refractivity contribution in [2.75, 3.05) is 26.3 Å². The first kappa shape index (κ1) is 32.9. The second-order valence-corrected chi connectivity index (χ2v) is 12.5. The number of hydrogen-bond donors (Lipinski definition) is 0. The number of nitrogens with zero attached hydrogens (tertiary/aromatic N) is 4. The minimum atomic E-state index is -4.72. The fraction of sp³-hybridized carbons (Fsp3) is 0.361. The standard InChI is InChI=1S/C36H32F6N4O3/c1-2-25-28(38)10-9-22-13-24(47-18-21-7-4-3-5-8-21)14-26(29(22)25)31-30(39)32-27(16-43-31)33(48-20-36(40,41)42)45-34(44-32)49-19-35-11-6-12-46(35)17-23(37)15-35/h3-5,7-10,13-14,16,23H,2,6,11-12,15,17-20H2,1H3/t23-,35+/m1/s1. The van der Waals surface area contributed by atoms with Gasteiger partial charge in [0.25, 0.3) is 0 Å². The van der Waals surface area contributed by atoms with Gasteiger partial charge in [-0.1, -0.05) is 43.3 Å². The summed E-state index contributed by atoms with van der Waals surface area (Å²) < 4.78 is 103. The zero-order valence-corrected chi connectivity index (χ0v) is 26.5. The van der Waals surface area contributed by atoms with Gasteiger partial charge >= 0.3 is 12.2 Å². The van der Waals surface area contributed by atoms with Gasteiger partial charge in [-0.2, -0.15) is 23.1 Å². The maximum atomic E-state index is 16.8. The molecule has 13 heteroatoms. The first-order valence-corrected chi connectivity index (χ1v) is 16.0. The van der Waals surface area contributed by atoms with E-state index < -0.39 is 53.5 Å². The van der Waals surface area contributed by atoms with Crippen LogP contribution in [-0.4, -0.2) is 64.0 Å². The van der Waals surface area contributed by atoms with Crippen molar-refractivity contribution in [1.82, 2.24) is 19.9 Å². The predicted octanol–water partition coefficient (Wildman–Crippen LogP) is 8.16. The molecule has 0 amide bonds. The molecule has 7 rings (SSSR count). The number of benzene rings is 3. The van der Waals surface area contributed by atoms with Crippen LogP contribution in [0.4, 0.5) is 26.3 Å². The summed E-state index contributed by atoms with van der Waals surface area (Å²) in [4.78, 5) is 14.6. The van der Waals surface area contributed by atoms with Crippen molar-refractivity contribution in [2.45, 2.75) is 57.1 Å². The van der Waals surface area contributed by atoms with Crippen molar-refractivity contribution < 1.29 is 40.6 Å². The number of ether oxygens (including phenoxy) is 3. The number of pyridine rings is 1. The highest BCUT2D eigenvalue weighted by Crippen LogP contribution is 2.42. The van der Waals surface area contributed by atoms with Crippen LogP contribution in [0.2, 0.25) is 0 Å². The summed E-state index contributed by atoms with van der Waals surface area (Å²) in [6, 6.07) is 15.2. The fourth-order valence-electron chi connectivity index (χ4n) is 7.02. The molecule has 256 valence electrons. The van der Waals surface area contributed by atoms with Gasteiger partial charge in [-0.3, -0.25) is 9.88 Å². The molecule has 2 fully saturated rings. The fourth-order valence-corrected chi connectivity index (χ4v) is 7.02. The van der Waals surface area contributed by atoms with Gasteiger partial charge < -0.3 is 14.2 Å². The Morgan fingerprint density at radius 1 is 1.00 bits per heavy atom. The largest absolute Gasteiger partial charge is 0.489 e. The molecular weight excluding hydrogens is 650 g/mol. The van der Waals surface area contributed by atoms with E-state index in [1.54, 1.807) is 25.1 Å². The summed E-state index contributed by atoms with van der Waals surface area (Å²) in [5, 5.41) is 0.761. The predicted molar refractivity (Wildman–Crippen MR) is 170 cm³/mol. The molecular formula is C36H32F6N4O3. The van der Waals surface area contributed by atoms with Crippen LogP contribution in [0.15, 0.2) is 60.8 Å². The Labute approximate surface area is 277 Å². The molecule has 2 saturated heterocycles. The summed E-state index contributed by atoms with van der Waals surface area (Å²) in [5.74, 6) is -1.69. The molecule has 5 aromatic rings. The first-order chi connectivity index (χ1) is 23.5. The van der Waals surface area contributed by atoms with Crippen molar-refractivity contribution in [3.8, 4) is 28.9 Å². The number of fused-ring (bicyclic) bond motifs is 3. The number of rotatable bonds is 10. The molecule has 2 atom stereocenters. The van der Waals surface area contributed by atoms with Gasteiger partial charge in [0.1, 0.15) is 42.2 Å². The number of aromatic nitrogens is 3. The Morgan fingerprint density at radius 3 is 2.59 bits per heavy atom. The lowest BCUT2D eigenvalue weighted by molar-refractivity contribution is -0.153. The molecule has 0 aliphatic carbocycles. The average molecular weight is 683 g/mol. The highest BCUT2D eigenvalue weighted by molar-refractivity contribution is 6.01. The molecule has 0 radical (unpaired) electrons. The molecule has 0 bridgehead atoms. The monoisotopic (exact) mass is 682 g/mol. The molecule has 2 aliphatic rings. The van der Waals surface area contributed by atoms with Crippen molar-refractivity contribution in [2.24, 2.45) is 0 Å². The van der Waals surface area contributed by atoms with Gasteiger partial charge in [-0.05, 0) is 65.9 Å². The van der Waals surface area contributed by atoms with E-state index in [9.17, 15) is 17.6 Å². The number of hydrogen-bond acceptors (Lipinski definition) is 7. The Kier molecular flexibility index (Phi) is 8.72. The third kappa shape index (κ3) is 6.55. The van der Waals surface area contributed by atoms with E-state index in [0.29, 0.717) is 35.1 Å². The van der Waals surface area contributed by atoms with Crippen LogP contribution in [0.25, 0.3) is 32.9 Å². The Bertz CT molecular complexity index is 2010. The van der Waals surface area contributed by atoms with Gasteiger partial charge in [-0.15, -0.1) is 0 Å². The summed E-state index contributed by atoms with van der Waals surface area (Å²) in [7, 11) is 0. The maximum Gasteiger partial charge on any atom is 0.422 e. The third-order valence-corrected chi connectivity index (χ3v) is 9.23. The van der Waals surface area contributed by atoms with Gasteiger partial charge in [0, 0.05) is 24.7 Å². The zero-order valence-electron chi connectivity index (χ0n) is 26.5. The molecule has 0 saturated carbocycles. The molecule has 49 heavy (non-hydrogen) atoms. The van der Waals surface area contributed by atoms with E-state index in [0.717, 1.165) is 18.2 Å². The normalized spacial score (nSPS) is 19.4. The summed E-state index contributed by atoms with van der Waals surface area (Å²) in [6.45, 7) is 1.18. The van der Waals surface area contributed by atoms with Crippen molar-refractivity contribution >= 4 is 21.7 Å². The Hall–Kier alpha value is -4.65. The van der Waals surface area contributed by atoms with Gasteiger partial charge in [-0.25, -0.2) is 13.2 Å². The average Bonchev–Trinajstić information content (AvgIpc) is 3.61. The molecule has 0 spiro atoms. The second-order valence-electron chi connectivity index (χ2n) is 12.5. The second kappa shape index (κ2) is 13.0. The lowest BCUT2D eigenvalue weighted by atomic mass is 9.94. The topological polar surface area (TPSA) is 69.6 Å². The molecule has 4 heterocycles. The van der Waals surface area contributed by atoms with E-state index in [1.165, 1.54) is 6.07 Å². The van der Waals surface area contributed by atoms with Gasteiger partial charge in [0.05, 0.1) is 10.9 Å². The smallest absolute Gasteiger partial charge is 0.422 e. The Morgan fingerprint density at radius 2 is 1.82 bits per heavy atom. The van der Waals surface area contributed by atoms with Crippen LogP contribution in [0.5, 0.6) is 17.6 Å². The summed E-state index contributed by atoms with van der Waals surface area (Å²) in [6.07, 6.45) is -2.63. The SMILES string of the molecule is CCc1c(F)ccc2cc(OCc3ccccc3)cc(-c3ncc4c(OCC(F)(F)F)nc(OC[C@@]56CCCN5C[C@H](F)C6)nc4c3F)c12. The van der Waals surface area contributed by atoms with Gasteiger partial charge in [0.2, 0.25) is 5.88 Å². The number of aryl methyl sites for hydroxylation is 1. The highest BCUT2D eigenvalue weighted by Gasteiger charge is 2.49. The molecule has 2 aromatic heterocycles. The maximum absolute atomic E-state index is 16.8. The number of alkyl halides is 4. The summed E-state index contributed by atoms with van der Waals surface area (Å²) >= 11 is 0. The highest BCUT2D eigenvalue weighted by atomic mass is 19.4. The van der Waals surface area contributed by atoms with E-state index in [2.05, 4.69) is 15.0 Å². The van der Waals surface area contributed by atoms with E-state index in [-0.39, 0.29) is 49.2 Å². The summed E-state index contributed by atoms with van der Waals surface area (Å²) in [5.41, 5.74) is 0.171. The molecule has 2 aliphatic heterocycles. The Balaban J connectivity index is 1.34. The van der Waals surface area contributed by atoms with Crippen LogP contribution >= 0.6 is 0 Å². The quantitative estimate of drug-likeness (QED) is 0.138. The van der Waals surface area contributed by atoms with Crippen molar-refractivity contribution in [3.63, 3.8) is 0 Å². The minimum absolute atomic E-state index is 0.0399. The van der Waals surface area contributed by atoms with Crippen molar-refractivity contribution in [1.29, 1.82) is 0 Å². The zero-order chi connectivity index (χ0) is 34.3. The molecule has 0 unspecified atom stereocenters. The minimum Gasteiger partial charge on any atom is -0.489 e.